The quantitative estimate of drug-likeness (QED) is 0.336. The molecule has 3 aromatic rings. The summed E-state index contributed by atoms with van der Waals surface area (Å²) in [6, 6.07) is 9.54. The lowest BCUT2D eigenvalue weighted by Gasteiger charge is -2.25. The number of aromatic nitrogens is 1. The average Bonchev–Trinajstić information content (AvgIpc) is 3.23. The molecule has 0 radical (unpaired) electrons. The monoisotopic (exact) mass is 580 g/mol. The van der Waals surface area contributed by atoms with Crippen LogP contribution < -0.4 is 29.1 Å². The first kappa shape index (κ1) is 29.9. The van der Waals surface area contributed by atoms with Crippen LogP contribution in [0.2, 0.25) is 0 Å². The van der Waals surface area contributed by atoms with Gasteiger partial charge in [0.2, 0.25) is 0 Å². The van der Waals surface area contributed by atoms with Gasteiger partial charge in [0, 0.05) is 0 Å². The van der Waals surface area contributed by atoms with E-state index in [0.717, 1.165) is 6.42 Å². The van der Waals surface area contributed by atoms with Crippen molar-refractivity contribution < 1.29 is 28.8 Å². The SMILES string of the molecule is CCOC(=O)C1=C(C)N=c2sc(=Cc3ccc(O)c(OCC)c3)c(=O)n2C1c1ccc(OCCC(C)C)c(OC)c1. The summed E-state index contributed by atoms with van der Waals surface area (Å²) in [6.45, 7) is 10.7. The smallest absolute Gasteiger partial charge is 0.338 e. The number of ether oxygens (including phenoxy) is 4. The van der Waals surface area contributed by atoms with Gasteiger partial charge in [-0.3, -0.25) is 9.36 Å². The van der Waals surface area contributed by atoms with Crippen LogP contribution in [-0.4, -0.2) is 42.6 Å². The highest BCUT2D eigenvalue weighted by Crippen LogP contribution is 2.36. The van der Waals surface area contributed by atoms with Crippen molar-refractivity contribution in [3.05, 3.63) is 78.5 Å². The van der Waals surface area contributed by atoms with E-state index in [0.29, 0.717) is 62.5 Å². The van der Waals surface area contributed by atoms with E-state index in [1.165, 1.54) is 22.0 Å². The summed E-state index contributed by atoms with van der Waals surface area (Å²) < 4.78 is 24.4. The van der Waals surface area contributed by atoms with Crippen molar-refractivity contribution in [3.63, 3.8) is 0 Å². The maximum absolute atomic E-state index is 13.9. The second-order valence-corrected chi connectivity index (χ2v) is 10.9. The molecule has 1 aliphatic rings. The second kappa shape index (κ2) is 13.1. The van der Waals surface area contributed by atoms with E-state index in [9.17, 15) is 14.7 Å². The fourth-order valence-corrected chi connectivity index (χ4v) is 5.57. The molecule has 10 heteroatoms. The topological polar surface area (TPSA) is 109 Å². The average molecular weight is 581 g/mol. The Bertz CT molecular complexity index is 1630. The Morgan fingerprint density at radius 3 is 2.56 bits per heavy atom. The highest BCUT2D eigenvalue weighted by atomic mass is 32.1. The fraction of sp³-hybridized carbons (Fsp3) is 0.387. The van der Waals surface area contributed by atoms with E-state index in [-0.39, 0.29) is 23.5 Å². The number of rotatable bonds is 11. The number of aromatic hydroxyl groups is 1. The molecule has 218 valence electrons. The first-order valence-corrected chi connectivity index (χ1v) is 14.5. The lowest BCUT2D eigenvalue weighted by atomic mass is 9.95. The lowest BCUT2D eigenvalue weighted by molar-refractivity contribution is -0.139. The van der Waals surface area contributed by atoms with E-state index in [1.54, 1.807) is 51.3 Å². The maximum Gasteiger partial charge on any atom is 0.338 e. The number of fused-ring (bicyclic) bond motifs is 1. The molecule has 2 aromatic carbocycles. The van der Waals surface area contributed by atoms with Crippen molar-refractivity contribution >= 4 is 23.4 Å². The van der Waals surface area contributed by atoms with Crippen LogP contribution in [0, 0.1) is 5.92 Å². The molecule has 4 rings (SSSR count). The maximum atomic E-state index is 13.9. The van der Waals surface area contributed by atoms with Crippen molar-refractivity contribution in [1.82, 2.24) is 4.57 Å². The van der Waals surface area contributed by atoms with Crippen LogP contribution in [0.25, 0.3) is 6.08 Å². The number of hydrogen-bond acceptors (Lipinski definition) is 9. The van der Waals surface area contributed by atoms with Crippen molar-refractivity contribution in [2.75, 3.05) is 26.9 Å². The first-order chi connectivity index (χ1) is 19.7. The molecule has 41 heavy (non-hydrogen) atoms. The predicted octanol–water partition coefficient (Wildman–Crippen LogP) is 4.34. The molecular formula is C31H36N2O7S. The molecule has 1 unspecified atom stereocenters. The molecule has 1 aliphatic heterocycles. The number of hydrogen-bond donors (Lipinski definition) is 1. The minimum atomic E-state index is -0.787. The van der Waals surface area contributed by atoms with Crippen LogP contribution in [0.1, 0.15) is 58.2 Å². The van der Waals surface area contributed by atoms with Gasteiger partial charge in [0.1, 0.15) is 0 Å². The molecule has 1 N–H and O–H groups in total. The van der Waals surface area contributed by atoms with Crippen molar-refractivity contribution in [3.8, 4) is 23.0 Å². The molecule has 0 spiro atoms. The summed E-state index contributed by atoms with van der Waals surface area (Å²) in [5, 5.41) is 10.1. The Kier molecular flexibility index (Phi) is 9.54. The largest absolute Gasteiger partial charge is 0.504 e. The molecule has 0 saturated heterocycles. The Morgan fingerprint density at radius 1 is 1.10 bits per heavy atom. The number of phenolic OH excluding ortho intramolecular Hbond substituents is 1. The molecule has 0 amide bonds. The third-order valence-corrected chi connectivity index (χ3v) is 7.54. The van der Waals surface area contributed by atoms with E-state index >= 15 is 0 Å². The van der Waals surface area contributed by atoms with Gasteiger partial charge in [-0.05, 0) is 74.6 Å². The van der Waals surface area contributed by atoms with Gasteiger partial charge in [-0.25, -0.2) is 9.79 Å². The number of allylic oxidation sites excluding steroid dienone is 1. The summed E-state index contributed by atoms with van der Waals surface area (Å²) in [5.74, 6) is 1.39. The molecule has 0 bridgehead atoms. The van der Waals surface area contributed by atoms with Gasteiger partial charge in [0.15, 0.2) is 27.8 Å². The number of thiazole rings is 1. The molecule has 9 nitrogen and oxygen atoms in total. The molecule has 0 fully saturated rings. The Labute approximate surface area is 243 Å². The standard InChI is InChI=1S/C31H36N2O7S/c1-7-38-24-15-20(9-11-22(24)34)16-26-29(35)33-28(27(30(36)39-8-2)19(5)32-31(33)41-26)21-10-12-23(25(17-21)37-6)40-14-13-18(3)4/h9-12,15-18,28,34H,7-8,13-14H2,1-6H3. The summed E-state index contributed by atoms with van der Waals surface area (Å²) >= 11 is 1.22. The highest BCUT2D eigenvalue weighted by molar-refractivity contribution is 7.07. The van der Waals surface area contributed by atoms with Crippen molar-refractivity contribution in [2.45, 2.75) is 47.1 Å². The summed E-state index contributed by atoms with van der Waals surface area (Å²) in [7, 11) is 1.56. The van der Waals surface area contributed by atoms with E-state index < -0.39 is 12.0 Å². The number of esters is 1. The molecular weight excluding hydrogens is 544 g/mol. The van der Waals surface area contributed by atoms with Gasteiger partial charge < -0.3 is 24.1 Å². The van der Waals surface area contributed by atoms with E-state index in [2.05, 4.69) is 18.8 Å². The molecule has 1 atom stereocenters. The number of phenols is 1. The van der Waals surface area contributed by atoms with Gasteiger partial charge in [0.05, 0.1) is 48.8 Å². The predicted molar refractivity (Wildman–Crippen MR) is 158 cm³/mol. The van der Waals surface area contributed by atoms with Gasteiger partial charge in [-0.2, -0.15) is 0 Å². The minimum Gasteiger partial charge on any atom is -0.504 e. The molecule has 0 aliphatic carbocycles. The van der Waals surface area contributed by atoms with Gasteiger partial charge >= 0.3 is 5.97 Å². The van der Waals surface area contributed by atoms with E-state index in [4.69, 9.17) is 18.9 Å². The summed E-state index contributed by atoms with van der Waals surface area (Å²) in [5.41, 5.74) is 1.78. The number of nitrogens with zero attached hydrogens (tertiary/aromatic N) is 2. The fourth-order valence-electron chi connectivity index (χ4n) is 4.53. The molecule has 1 aromatic heterocycles. The van der Waals surface area contributed by atoms with Gasteiger partial charge in [-0.1, -0.05) is 37.3 Å². The second-order valence-electron chi connectivity index (χ2n) is 9.90. The van der Waals surface area contributed by atoms with Crippen molar-refractivity contribution in [2.24, 2.45) is 10.9 Å². The molecule has 0 saturated carbocycles. The number of methoxy groups -OCH3 is 1. The third kappa shape index (κ3) is 6.48. The summed E-state index contributed by atoms with van der Waals surface area (Å²) in [6.07, 6.45) is 2.61. The lowest BCUT2D eigenvalue weighted by Crippen LogP contribution is -2.40. The third-order valence-electron chi connectivity index (χ3n) is 6.55. The first-order valence-electron chi connectivity index (χ1n) is 13.6. The number of carbonyl (C=O) groups excluding carboxylic acids is 1. The zero-order chi connectivity index (χ0) is 29.7. The normalized spacial score (nSPS) is 15.0. The Hall–Kier alpha value is -4.05. The minimum absolute atomic E-state index is 0.0192. The van der Waals surface area contributed by atoms with Gasteiger partial charge in [0.25, 0.3) is 5.56 Å². The van der Waals surface area contributed by atoms with Crippen LogP contribution in [0.4, 0.5) is 0 Å². The highest BCUT2D eigenvalue weighted by Gasteiger charge is 2.34. The van der Waals surface area contributed by atoms with Crippen LogP contribution >= 0.6 is 11.3 Å². The Morgan fingerprint density at radius 2 is 1.88 bits per heavy atom. The van der Waals surface area contributed by atoms with Crippen molar-refractivity contribution in [1.29, 1.82) is 0 Å². The van der Waals surface area contributed by atoms with Gasteiger partial charge in [-0.15, -0.1) is 0 Å². The van der Waals surface area contributed by atoms with Crippen LogP contribution in [-0.2, 0) is 9.53 Å². The van der Waals surface area contributed by atoms with Crippen LogP contribution in [0.15, 0.2) is 57.5 Å². The summed E-state index contributed by atoms with van der Waals surface area (Å²) in [4.78, 5) is 32.2. The number of benzene rings is 2. The zero-order valence-corrected chi connectivity index (χ0v) is 25.0. The van der Waals surface area contributed by atoms with Crippen LogP contribution in [0.5, 0.6) is 23.0 Å². The zero-order valence-electron chi connectivity index (χ0n) is 24.2. The van der Waals surface area contributed by atoms with Crippen LogP contribution in [0.3, 0.4) is 0 Å². The number of carbonyl (C=O) groups is 1. The Balaban J connectivity index is 1.86. The van der Waals surface area contributed by atoms with E-state index in [1.807, 2.05) is 13.0 Å². The molecule has 2 heterocycles.